The van der Waals surface area contributed by atoms with Crippen LogP contribution in [0.2, 0.25) is 0 Å². The van der Waals surface area contributed by atoms with Crippen molar-refractivity contribution in [3.05, 3.63) is 34.1 Å². The summed E-state index contributed by atoms with van der Waals surface area (Å²) in [7, 11) is 0. The fourth-order valence-electron chi connectivity index (χ4n) is 3.38. The van der Waals surface area contributed by atoms with Crippen LogP contribution in [0.25, 0.3) is 0 Å². The molecule has 2 heterocycles. The van der Waals surface area contributed by atoms with Crippen LogP contribution in [-0.2, 0) is 0 Å². The fourth-order valence-corrected chi connectivity index (χ4v) is 3.38. The SMILES string of the molecule is CC1CN2CCCC2CN1c1cc(F)cc([N+](=O)[O-])c1. The van der Waals surface area contributed by atoms with Crippen molar-refractivity contribution < 1.29 is 9.31 Å². The summed E-state index contributed by atoms with van der Waals surface area (Å²) in [4.78, 5) is 14.9. The topological polar surface area (TPSA) is 49.6 Å². The van der Waals surface area contributed by atoms with Gasteiger partial charge in [0.2, 0.25) is 0 Å². The van der Waals surface area contributed by atoms with E-state index >= 15 is 0 Å². The van der Waals surface area contributed by atoms with Crippen LogP contribution in [-0.4, -0.2) is 41.5 Å². The maximum Gasteiger partial charge on any atom is 0.274 e. The average molecular weight is 279 g/mol. The molecule has 108 valence electrons. The Labute approximate surface area is 117 Å². The van der Waals surface area contributed by atoms with Gasteiger partial charge in [-0.25, -0.2) is 4.39 Å². The predicted octanol–water partition coefficient (Wildman–Crippen LogP) is 2.41. The Hall–Kier alpha value is -1.69. The molecule has 1 aromatic carbocycles. The Bertz CT molecular complexity index is 537. The first-order valence-corrected chi connectivity index (χ1v) is 7.00. The van der Waals surface area contributed by atoms with Crippen molar-refractivity contribution in [1.82, 2.24) is 4.90 Å². The highest BCUT2D eigenvalue weighted by Crippen LogP contribution is 2.31. The number of nitro groups is 1. The molecule has 0 bridgehead atoms. The van der Waals surface area contributed by atoms with E-state index in [0.717, 1.165) is 32.1 Å². The van der Waals surface area contributed by atoms with Gasteiger partial charge in [-0.15, -0.1) is 0 Å². The van der Waals surface area contributed by atoms with E-state index < -0.39 is 10.7 Å². The highest BCUT2D eigenvalue weighted by atomic mass is 19.1. The second kappa shape index (κ2) is 5.01. The molecule has 0 amide bonds. The van der Waals surface area contributed by atoms with Gasteiger partial charge in [-0.3, -0.25) is 15.0 Å². The summed E-state index contributed by atoms with van der Waals surface area (Å²) in [6, 6.07) is 4.58. The Kier molecular flexibility index (Phi) is 3.33. The van der Waals surface area contributed by atoms with Crippen LogP contribution in [0.15, 0.2) is 18.2 Å². The zero-order valence-electron chi connectivity index (χ0n) is 11.5. The number of benzene rings is 1. The molecular formula is C14H18FN3O2. The van der Waals surface area contributed by atoms with E-state index in [1.807, 2.05) is 0 Å². The van der Waals surface area contributed by atoms with Crippen molar-refractivity contribution in [3.63, 3.8) is 0 Å². The summed E-state index contributed by atoms with van der Waals surface area (Å²) in [5.41, 5.74) is 0.441. The van der Waals surface area contributed by atoms with Crippen molar-refractivity contribution >= 4 is 11.4 Å². The van der Waals surface area contributed by atoms with Crippen molar-refractivity contribution in [3.8, 4) is 0 Å². The molecule has 0 aromatic heterocycles. The summed E-state index contributed by atoms with van der Waals surface area (Å²) >= 11 is 0. The Morgan fingerprint density at radius 2 is 2.15 bits per heavy atom. The van der Waals surface area contributed by atoms with E-state index in [4.69, 9.17) is 0 Å². The van der Waals surface area contributed by atoms with Gasteiger partial charge in [0.1, 0.15) is 5.82 Å². The maximum atomic E-state index is 13.6. The molecule has 20 heavy (non-hydrogen) atoms. The number of non-ortho nitro benzene ring substituents is 1. The first-order valence-electron chi connectivity index (χ1n) is 7.00. The largest absolute Gasteiger partial charge is 0.366 e. The van der Waals surface area contributed by atoms with Crippen LogP contribution in [0.4, 0.5) is 15.8 Å². The first-order chi connectivity index (χ1) is 9.54. The van der Waals surface area contributed by atoms with Crippen molar-refractivity contribution in [2.24, 2.45) is 0 Å². The smallest absolute Gasteiger partial charge is 0.274 e. The normalized spacial score (nSPS) is 26.6. The lowest BCUT2D eigenvalue weighted by Gasteiger charge is -2.43. The second-order valence-corrected chi connectivity index (χ2v) is 5.72. The van der Waals surface area contributed by atoms with Gasteiger partial charge in [0.05, 0.1) is 11.0 Å². The van der Waals surface area contributed by atoms with Gasteiger partial charge in [-0.2, -0.15) is 0 Å². The molecule has 0 N–H and O–H groups in total. The summed E-state index contributed by atoms with van der Waals surface area (Å²) in [6.07, 6.45) is 2.36. The molecule has 2 aliphatic rings. The number of anilines is 1. The molecule has 0 aliphatic carbocycles. The summed E-state index contributed by atoms with van der Waals surface area (Å²) in [5.74, 6) is -0.546. The standard InChI is InChI=1S/C14H18FN3O2/c1-10-8-16-4-2-3-12(16)9-17(10)13-5-11(15)6-14(7-13)18(19)20/h5-7,10,12H,2-4,8-9H2,1H3. The average Bonchev–Trinajstić information content (AvgIpc) is 2.83. The highest BCUT2D eigenvalue weighted by Gasteiger charge is 2.34. The fraction of sp³-hybridized carbons (Fsp3) is 0.571. The zero-order chi connectivity index (χ0) is 14.3. The third-order valence-electron chi connectivity index (χ3n) is 4.35. The van der Waals surface area contributed by atoms with Gasteiger partial charge in [0, 0.05) is 36.9 Å². The number of rotatable bonds is 2. The van der Waals surface area contributed by atoms with Crippen LogP contribution in [0.3, 0.4) is 0 Å². The van der Waals surface area contributed by atoms with Crippen molar-refractivity contribution in [1.29, 1.82) is 0 Å². The molecule has 2 atom stereocenters. The third kappa shape index (κ3) is 2.35. The monoisotopic (exact) mass is 279 g/mol. The number of nitro benzene ring substituents is 1. The van der Waals surface area contributed by atoms with Crippen LogP contribution in [0, 0.1) is 15.9 Å². The number of piperazine rings is 1. The molecular weight excluding hydrogens is 261 g/mol. The molecule has 1 aromatic rings. The van der Waals surface area contributed by atoms with Crippen LogP contribution in [0.5, 0.6) is 0 Å². The minimum Gasteiger partial charge on any atom is -0.366 e. The van der Waals surface area contributed by atoms with E-state index in [2.05, 4.69) is 16.7 Å². The molecule has 2 aliphatic heterocycles. The Balaban J connectivity index is 1.89. The lowest BCUT2D eigenvalue weighted by atomic mass is 10.1. The van der Waals surface area contributed by atoms with E-state index in [9.17, 15) is 14.5 Å². The van der Waals surface area contributed by atoms with Gasteiger partial charge in [0.25, 0.3) is 5.69 Å². The van der Waals surface area contributed by atoms with Crippen LogP contribution in [0.1, 0.15) is 19.8 Å². The number of nitrogens with zero attached hydrogens (tertiary/aromatic N) is 3. The zero-order valence-corrected chi connectivity index (χ0v) is 11.5. The van der Waals surface area contributed by atoms with Crippen LogP contribution >= 0.6 is 0 Å². The molecule has 5 nitrogen and oxygen atoms in total. The highest BCUT2D eigenvalue weighted by molar-refractivity contribution is 5.55. The van der Waals surface area contributed by atoms with Crippen molar-refractivity contribution in [2.75, 3.05) is 24.5 Å². The predicted molar refractivity (Wildman–Crippen MR) is 74.5 cm³/mol. The molecule has 6 heteroatoms. The molecule has 3 rings (SSSR count). The lowest BCUT2D eigenvalue weighted by Crippen LogP contribution is -2.55. The Morgan fingerprint density at radius 1 is 1.35 bits per heavy atom. The second-order valence-electron chi connectivity index (χ2n) is 5.72. The number of hydrogen-bond acceptors (Lipinski definition) is 4. The number of halogens is 1. The summed E-state index contributed by atoms with van der Waals surface area (Å²) in [6.45, 7) is 4.98. The Morgan fingerprint density at radius 3 is 2.90 bits per heavy atom. The van der Waals surface area contributed by atoms with E-state index in [1.54, 1.807) is 0 Å². The molecule has 2 fully saturated rings. The van der Waals surface area contributed by atoms with E-state index in [-0.39, 0.29) is 11.7 Å². The van der Waals surface area contributed by atoms with Gasteiger partial charge < -0.3 is 4.90 Å². The van der Waals surface area contributed by atoms with E-state index in [0.29, 0.717) is 11.7 Å². The maximum absolute atomic E-state index is 13.6. The number of hydrogen-bond donors (Lipinski definition) is 0. The van der Waals surface area contributed by atoms with Crippen LogP contribution < -0.4 is 4.90 Å². The quantitative estimate of drug-likeness (QED) is 0.616. The minimum atomic E-state index is -0.546. The lowest BCUT2D eigenvalue weighted by molar-refractivity contribution is -0.385. The summed E-state index contributed by atoms with van der Waals surface area (Å²) < 4.78 is 13.6. The van der Waals surface area contributed by atoms with E-state index in [1.165, 1.54) is 18.6 Å². The summed E-state index contributed by atoms with van der Waals surface area (Å²) in [5, 5.41) is 10.9. The molecule has 0 saturated carbocycles. The first kappa shape index (κ1) is 13.3. The minimum absolute atomic E-state index is 0.180. The van der Waals surface area contributed by atoms with Crippen molar-refractivity contribution in [2.45, 2.75) is 31.8 Å². The van der Waals surface area contributed by atoms with Gasteiger partial charge >= 0.3 is 0 Å². The third-order valence-corrected chi connectivity index (χ3v) is 4.35. The van der Waals surface area contributed by atoms with Gasteiger partial charge in [0.15, 0.2) is 0 Å². The molecule has 2 unspecified atom stereocenters. The molecule has 2 saturated heterocycles. The molecule has 0 radical (unpaired) electrons. The van der Waals surface area contributed by atoms with Gasteiger partial charge in [-0.05, 0) is 32.4 Å². The number of fused-ring (bicyclic) bond motifs is 1. The molecule has 0 spiro atoms. The van der Waals surface area contributed by atoms with Gasteiger partial charge in [-0.1, -0.05) is 0 Å².